The second-order valence-corrected chi connectivity index (χ2v) is 7.50. The van der Waals surface area contributed by atoms with Gasteiger partial charge in [0.05, 0.1) is 6.42 Å². The van der Waals surface area contributed by atoms with Crippen molar-refractivity contribution in [2.45, 2.75) is 57.4 Å². The van der Waals surface area contributed by atoms with E-state index in [0.29, 0.717) is 19.0 Å². The van der Waals surface area contributed by atoms with Gasteiger partial charge in [0.25, 0.3) is 0 Å². The number of piperidine rings is 1. The van der Waals surface area contributed by atoms with Crippen LogP contribution in [0.15, 0.2) is 18.2 Å². The molecule has 2 aliphatic rings. The first-order valence-corrected chi connectivity index (χ1v) is 9.75. The third-order valence-electron chi connectivity index (χ3n) is 5.70. The summed E-state index contributed by atoms with van der Waals surface area (Å²) >= 11 is 0. The van der Waals surface area contributed by atoms with E-state index in [0.717, 1.165) is 62.1 Å². The summed E-state index contributed by atoms with van der Waals surface area (Å²) in [6.07, 6.45) is 6.10. The van der Waals surface area contributed by atoms with E-state index in [-0.39, 0.29) is 17.9 Å². The van der Waals surface area contributed by atoms with E-state index in [1.54, 1.807) is 4.90 Å². The number of aryl methyl sites for hydroxylation is 1. The number of hydrogen-bond donors (Lipinski definition) is 0. The summed E-state index contributed by atoms with van der Waals surface area (Å²) < 4.78 is 29.4. The number of aromatic nitrogens is 3. The first kappa shape index (κ1) is 18.1. The van der Waals surface area contributed by atoms with Crippen LogP contribution in [0.25, 0.3) is 0 Å². The van der Waals surface area contributed by atoms with Crippen LogP contribution in [0, 0.1) is 11.6 Å². The number of nitrogens with zero attached hydrogens (tertiary/aromatic N) is 4. The highest BCUT2D eigenvalue weighted by Crippen LogP contribution is 2.29. The van der Waals surface area contributed by atoms with Gasteiger partial charge in [0, 0.05) is 37.5 Å². The molecule has 1 aromatic heterocycles. The van der Waals surface area contributed by atoms with Gasteiger partial charge in [-0.15, -0.1) is 10.2 Å². The van der Waals surface area contributed by atoms with Crippen molar-refractivity contribution in [2.75, 3.05) is 13.1 Å². The fraction of sp³-hybridized carbons (Fsp3) is 0.550. The Morgan fingerprint density at radius 1 is 1.07 bits per heavy atom. The van der Waals surface area contributed by atoms with E-state index in [1.807, 2.05) is 0 Å². The molecule has 4 rings (SSSR count). The molecule has 2 aromatic rings. The van der Waals surface area contributed by atoms with E-state index in [4.69, 9.17) is 0 Å². The molecule has 0 spiro atoms. The van der Waals surface area contributed by atoms with Gasteiger partial charge in [-0.25, -0.2) is 8.78 Å². The largest absolute Gasteiger partial charge is 0.342 e. The minimum Gasteiger partial charge on any atom is -0.342 e. The summed E-state index contributed by atoms with van der Waals surface area (Å²) in [5.74, 6) is 1.23. The van der Waals surface area contributed by atoms with Crippen LogP contribution in [0.4, 0.5) is 8.78 Å². The molecule has 144 valence electrons. The van der Waals surface area contributed by atoms with E-state index in [2.05, 4.69) is 14.8 Å². The Labute approximate surface area is 157 Å². The number of carbonyl (C=O) groups excluding carboxylic acids is 1. The van der Waals surface area contributed by atoms with Crippen LogP contribution >= 0.6 is 0 Å². The fourth-order valence-corrected chi connectivity index (χ4v) is 4.15. The predicted octanol–water partition coefficient (Wildman–Crippen LogP) is 3.23. The van der Waals surface area contributed by atoms with Crippen molar-refractivity contribution in [3.63, 3.8) is 0 Å². The number of hydrogen-bond acceptors (Lipinski definition) is 3. The normalized spacial score (nSPS) is 18.2. The molecule has 7 heteroatoms. The topological polar surface area (TPSA) is 51.0 Å². The quantitative estimate of drug-likeness (QED) is 0.829. The number of benzene rings is 1. The average molecular weight is 374 g/mol. The lowest BCUT2D eigenvalue weighted by atomic mass is 9.95. The number of likely N-dealkylation sites (tertiary alicyclic amines) is 1. The highest BCUT2D eigenvalue weighted by Gasteiger charge is 2.28. The first-order valence-electron chi connectivity index (χ1n) is 9.75. The van der Waals surface area contributed by atoms with Crippen LogP contribution < -0.4 is 0 Å². The molecule has 3 heterocycles. The monoisotopic (exact) mass is 374 g/mol. The van der Waals surface area contributed by atoms with Crippen molar-refractivity contribution in [1.29, 1.82) is 0 Å². The zero-order valence-corrected chi connectivity index (χ0v) is 15.3. The molecule has 1 fully saturated rings. The molecule has 5 nitrogen and oxygen atoms in total. The summed E-state index contributed by atoms with van der Waals surface area (Å²) in [6.45, 7) is 2.21. The fourth-order valence-electron chi connectivity index (χ4n) is 4.15. The standard InChI is InChI=1S/C20H24F2N4O/c21-16-5-6-17(22)15(12-16)13-19(27)25-10-7-14(8-11-25)20-24-23-18-4-2-1-3-9-26(18)20/h5-6,12,14H,1-4,7-11,13H2. The van der Waals surface area contributed by atoms with Gasteiger partial charge in [-0.2, -0.15) is 0 Å². The van der Waals surface area contributed by atoms with Crippen molar-refractivity contribution in [1.82, 2.24) is 19.7 Å². The van der Waals surface area contributed by atoms with Crippen LogP contribution in [-0.2, 0) is 24.2 Å². The third-order valence-corrected chi connectivity index (χ3v) is 5.70. The maximum atomic E-state index is 13.8. The molecule has 0 N–H and O–H groups in total. The Morgan fingerprint density at radius 3 is 2.70 bits per heavy atom. The Hall–Kier alpha value is -2.31. The minimum atomic E-state index is -0.536. The average Bonchev–Trinajstić information content (AvgIpc) is 2.93. The van der Waals surface area contributed by atoms with Crippen LogP contribution in [0.1, 0.15) is 55.2 Å². The maximum Gasteiger partial charge on any atom is 0.227 e. The Morgan fingerprint density at radius 2 is 1.89 bits per heavy atom. The van der Waals surface area contributed by atoms with Crippen LogP contribution in [-0.4, -0.2) is 38.7 Å². The van der Waals surface area contributed by atoms with E-state index in [1.165, 1.54) is 12.8 Å². The molecule has 0 radical (unpaired) electrons. The Kier molecular flexibility index (Phi) is 5.18. The molecule has 27 heavy (non-hydrogen) atoms. The third kappa shape index (κ3) is 3.87. The molecule has 0 aliphatic carbocycles. The van der Waals surface area contributed by atoms with E-state index >= 15 is 0 Å². The van der Waals surface area contributed by atoms with Gasteiger partial charge in [-0.1, -0.05) is 6.42 Å². The molecule has 2 aliphatic heterocycles. The molecule has 1 aromatic carbocycles. The molecule has 0 unspecified atom stereocenters. The van der Waals surface area contributed by atoms with Gasteiger partial charge in [0.15, 0.2) is 0 Å². The molecule has 1 amide bonds. The summed E-state index contributed by atoms with van der Waals surface area (Å²) in [5, 5.41) is 8.82. The molecular formula is C20H24F2N4O. The van der Waals surface area contributed by atoms with E-state index in [9.17, 15) is 13.6 Å². The minimum absolute atomic E-state index is 0.103. The molecule has 0 atom stereocenters. The van der Waals surface area contributed by atoms with Gasteiger partial charge in [-0.3, -0.25) is 4.79 Å². The summed E-state index contributed by atoms with van der Waals surface area (Å²) in [5.41, 5.74) is 0.116. The van der Waals surface area contributed by atoms with Gasteiger partial charge in [0.2, 0.25) is 5.91 Å². The lowest BCUT2D eigenvalue weighted by Gasteiger charge is -2.32. The number of fused-ring (bicyclic) bond motifs is 1. The highest BCUT2D eigenvalue weighted by atomic mass is 19.1. The zero-order chi connectivity index (χ0) is 18.8. The maximum absolute atomic E-state index is 13.8. The van der Waals surface area contributed by atoms with Gasteiger partial charge in [0.1, 0.15) is 23.3 Å². The zero-order valence-electron chi connectivity index (χ0n) is 15.3. The lowest BCUT2D eigenvalue weighted by Crippen LogP contribution is -2.39. The first-order chi connectivity index (χ1) is 13.1. The van der Waals surface area contributed by atoms with Crippen molar-refractivity contribution >= 4 is 5.91 Å². The van der Waals surface area contributed by atoms with Crippen LogP contribution in [0.5, 0.6) is 0 Å². The second-order valence-electron chi connectivity index (χ2n) is 7.50. The smallest absolute Gasteiger partial charge is 0.227 e. The van der Waals surface area contributed by atoms with E-state index < -0.39 is 11.6 Å². The van der Waals surface area contributed by atoms with Gasteiger partial charge in [-0.05, 0) is 43.9 Å². The van der Waals surface area contributed by atoms with Crippen LogP contribution in [0.3, 0.4) is 0 Å². The highest BCUT2D eigenvalue weighted by molar-refractivity contribution is 5.79. The Balaban J connectivity index is 1.38. The molecule has 0 saturated carbocycles. The molecule has 0 bridgehead atoms. The number of amides is 1. The second kappa shape index (κ2) is 7.74. The SMILES string of the molecule is O=C(Cc1cc(F)ccc1F)N1CCC(c2nnc3n2CCCCC3)CC1. The molecule has 1 saturated heterocycles. The van der Waals surface area contributed by atoms with Crippen molar-refractivity contribution < 1.29 is 13.6 Å². The Bertz CT molecular complexity index is 827. The summed E-state index contributed by atoms with van der Waals surface area (Å²) in [4.78, 5) is 14.3. The lowest BCUT2D eigenvalue weighted by molar-refractivity contribution is -0.131. The van der Waals surface area contributed by atoms with Crippen molar-refractivity contribution in [2.24, 2.45) is 0 Å². The number of carbonyl (C=O) groups is 1. The van der Waals surface area contributed by atoms with Gasteiger partial charge < -0.3 is 9.47 Å². The summed E-state index contributed by atoms with van der Waals surface area (Å²) in [7, 11) is 0. The predicted molar refractivity (Wildman–Crippen MR) is 96.2 cm³/mol. The summed E-state index contributed by atoms with van der Waals surface area (Å²) in [6, 6.07) is 3.24. The van der Waals surface area contributed by atoms with Gasteiger partial charge >= 0.3 is 0 Å². The molecular weight excluding hydrogens is 350 g/mol. The van der Waals surface area contributed by atoms with Crippen LogP contribution in [0.2, 0.25) is 0 Å². The van der Waals surface area contributed by atoms with Crippen molar-refractivity contribution in [3.05, 3.63) is 47.0 Å². The number of halogens is 2. The number of rotatable bonds is 3. The van der Waals surface area contributed by atoms with Crippen molar-refractivity contribution in [3.8, 4) is 0 Å².